The molecule has 0 aliphatic rings. The van der Waals surface area contributed by atoms with Crippen molar-refractivity contribution in [2.24, 2.45) is 0 Å². The van der Waals surface area contributed by atoms with Crippen molar-refractivity contribution in [2.45, 2.75) is 13.3 Å². The van der Waals surface area contributed by atoms with Crippen LogP contribution in [0.3, 0.4) is 0 Å². The van der Waals surface area contributed by atoms with Crippen molar-refractivity contribution in [3.05, 3.63) is 53.6 Å². The van der Waals surface area contributed by atoms with Gasteiger partial charge in [-0.3, -0.25) is 4.79 Å². The third-order valence-electron chi connectivity index (χ3n) is 2.66. The normalized spacial score (nSPS) is 11.2. The topological polar surface area (TPSA) is 26.3 Å². The zero-order chi connectivity index (χ0) is 14.8. The van der Waals surface area contributed by atoms with Crippen LogP contribution in [-0.4, -0.2) is 12.6 Å². The Labute approximate surface area is 113 Å². The molecule has 2 aromatic rings. The molecule has 0 aliphatic heterocycles. The first-order valence-electron chi connectivity index (χ1n) is 5.80. The smallest absolute Gasteiger partial charge is 0.406 e. The lowest BCUT2D eigenvalue weighted by atomic mass is 10.0. The van der Waals surface area contributed by atoms with E-state index in [0.717, 1.165) is 17.4 Å². The average molecular weight is 280 g/mol. The molecule has 0 radical (unpaired) electrons. The largest absolute Gasteiger partial charge is 0.573 e. The zero-order valence-corrected chi connectivity index (χ0v) is 10.6. The SMILES string of the molecule is Cc1cc(C=O)cc(-c2ccc(OC(F)(F)F)cc2)c1. The molecule has 0 N–H and O–H groups in total. The second-order valence-corrected chi connectivity index (χ2v) is 4.32. The highest BCUT2D eigenvalue weighted by molar-refractivity contribution is 5.79. The molecule has 0 aliphatic carbocycles. The van der Waals surface area contributed by atoms with Crippen LogP contribution in [0.2, 0.25) is 0 Å². The maximum absolute atomic E-state index is 12.1. The van der Waals surface area contributed by atoms with Crippen LogP contribution < -0.4 is 4.74 Å². The minimum absolute atomic E-state index is 0.274. The molecular weight excluding hydrogens is 269 g/mol. The Morgan fingerprint density at radius 2 is 1.65 bits per heavy atom. The molecule has 2 rings (SSSR count). The number of aryl methyl sites for hydroxylation is 1. The molecular formula is C15H11F3O2. The number of halogens is 3. The molecule has 0 bridgehead atoms. The molecule has 2 nitrogen and oxygen atoms in total. The summed E-state index contributed by atoms with van der Waals surface area (Å²) in [5.74, 6) is -0.274. The van der Waals surface area contributed by atoms with Crippen LogP contribution in [0.5, 0.6) is 5.75 Å². The molecule has 0 fully saturated rings. The summed E-state index contributed by atoms with van der Waals surface area (Å²) in [6, 6.07) is 10.8. The Bertz CT molecular complexity index is 616. The number of benzene rings is 2. The van der Waals surface area contributed by atoms with Gasteiger partial charge in [0.25, 0.3) is 0 Å². The second kappa shape index (κ2) is 5.36. The molecule has 5 heteroatoms. The second-order valence-electron chi connectivity index (χ2n) is 4.32. The van der Waals surface area contributed by atoms with E-state index in [1.165, 1.54) is 24.3 Å². The summed E-state index contributed by atoms with van der Waals surface area (Å²) < 4.78 is 40.0. The molecule has 20 heavy (non-hydrogen) atoms. The maximum Gasteiger partial charge on any atom is 0.573 e. The van der Waals surface area contributed by atoms with Crippen molar-refractivity contribution < 1.29 is 22.7 Å². The van der Waals surface area contributed by atoms with Gasteiger partial charge in [-0.15, -0.1) is 13.2 Å². The molecule has 0 atom stereocenters. The third-order valence-corrected chi connectivity index (χ3v) is 2.66. The summed E-state index contributed by atoms with van der Waals surface area (Å²) in [5, 5.41) is 0. The van der Waals surface area contributed by atoms with Gasteiger partial charge in [0.15, 0.2) is 0 Å². The molecule has 0 amide bonds. The van der Waals surface area contributed by atoms with E-state index in [4.69, 9.17) is 0 Å². The summed E-state index contributed by atoms with van der Waals surface area (Å²) in [5.41, 5.74) is 2.91. The minimum Gasteiger partial charge on any atom is -0.406 e. The van der Waals surface area contributed by atoms with Gasteiger partial charge in [-0.05, 0) is 47.9 Å². The van der Waals surface area contributed by atoms with E-state index in [0.29, 0.717) is 11.1 Å². The van der Waals surface area contributed by atoms with Gasteiger partial charge in [-0.1, -0.05) is 18.2 Å². The van der Waals surface area contributed by atoms with Crippen LogP contribution in [0.1, 0.15) is 15.9 Å². The standard InChI is InChI=1S/C15H11F3O2/c1-10-6-11(9-19)8-13(7-10)12-2-4-14(5-3-12)20-15(16,17)18/h2-9H,1H3. The number of hydrogen-bond donors (Lipinski definition) is 0. The van der Waals surface area contributed by atoms with Gasteiger partial charge < -0.3 is 4.74 Å². The number of aldehydes is 1. The van der Waals surface area contributed by atoms with Gasteiger partial charge in [0, 0.05) is 5.56 Å². The van der Waals surface area contributed by atoms with Gasteiger partial charge in [0.05, 0.1) is 0 Å². The summed E-state index contributed by atoms with van der Waals surface area (Å²) in [7, 11) is 0. The number of ether oxygens (including phenoxy) is 1. The molecule has 0 heterocycles. The first-order chi connectivity index (χ1) is 9.37. The lowest BCUT2D eigenvalue weighted by Crippen LogP contribution is -2.16. The zero-order valence-electron chi connectivity index (χ0n) is 10.6. The van der Waals surface area contributed by atoms with Crippen molar-refractivity contribution in [3.63, 3.8) is 0 Å². The summed E-state index contributed by atoms with van der Waals surface area (Å²) in [4.78, 5) is 10.8. The van der Waals surface area contributed by atoms with E-state index in [9.17, 15) is 18.0 Å². The predicted octanol–water partition coefficient (Wildman–Crippen LogP) is 4.37. The van der Waals surface area contributed by atoms with E-state index in [1.54, 1.807) is 12.1 Å². The van der Waals surface area contributed by atoms with Crippen molar-refractivity contribution in [1.82, 2.24) is 0 Å². The average Bonchev–Trinajstić information content (AvgIpc) is 2.37. The highest BCUT2D eigenvalue weighted by Gasteiger charge is 2.30. The Morgan fingerprint density at radius 3 is 2.20 bits per heavy atom. The Morgan fingerprint density at radius 1 is 1.00 bits per heavy atom. The van der Waals surface area contributed by atoms with E-state index in [-0.39, 0.29) is 5.75 Å². The Hall–Kier alpha value is -2.30. The monoisotopic (exact) mass is 280 g/mol. The molecule has 0 aromatic heterocycles. The summed E-state index contributed by atoms with van der Waals surface area (Å²) in [6.07, 6.45) is -3.97. The Kier molecular flexibility index (Phi) is 3.79. The number of rotatable bonds is 3. The summed E-state index contributed by atoms with van der Waals surface area (Å²) >= 11 is 0. The first kappa shape index (κ1) is 14.1. The fourth-order valence-electron chi connectivity index (χ4n) is 1.90. The molecule has 0 spiro atoms. The number of carbonyl (C=O) groups excluding carboxylic acids is 1. The number of alkyl halides is 3. The highest BCUT2D eigenvalue weighted by Crippen LogP contribution is 2.27. The number of carbonyl (C=O) groups is 1. The van der Waals surface area contributed by atoms with Gasteiger partial charge in [-0.25, -0.2) is 0 Å². The quantitative estimate of drug-likeness (QED) is 0.780. The molecule has 0 saturated heterocycles. The fourth-order valence-corrected chi connectivity index (χ4v) is 1.90. The number of hydrogen-bond acceptors (Lipinski definition) is 2. The van der Waals surface area contributed by atoms with Crippen LogP contribution in [-0.2, 0) is 0 Å². The lowest BCUT2D eigenvalue weighted by molar-refractivity contribution is -0.274. The van der Waals surface area contributed by atoms with Crippen LogP contribution >= 0.6 is 0 Å². The van der Waals surface area contributed by atoms with Crippen molar-refractivity contribution in [2.75, 3.05) is 0 Å². The van der Waals surface area contributed by atoms with Crippen LogP contribution in [0.4, 0.5) is 13.2 Å². The van der Waals surface area contributed by atoms with Gasteiger partial charge >= 0.3 is 6.36 Å². The van der Waals surface area contributed by atoms with Crippen LogP contribution in [0.25, 0.3) is 11.1 Å². The minimum atomic E-state index is -4.70. The van der Waals surface area contributed by atoms with Crippen molar-refractivity contribution in [1.29, 1.82) is 0 Å². The highest BCUT2D eigenvalue weighted by atomic mass is 19.4. The van der Waals surface area contributed by atoms with E-state index >= 15 is 0 Å². The molecule has 0 saturated carbocycles. The van der Waals surface area contributed by atoms with Crippen molar-refractivity contribution >= 4 is 6.29 Å². The Balaban J connectivity index is 2.30. The van der Waals surface area contributed by atoms with Crippen molar-refractivity contribution in [3.8, 4) is 16.9 Å². The fraction of sp³-hybridized carbons (Fsp3) is 0.133. The first-order valence-corrected chi connectivity index (χ1v) is 5.80. The predicted molar refractivity (Wildman–Crippen MR) is 68.7 cm³/mol. The van der Waals surface area contributed by atoms with Gasteiger partial charge in [-0.2, -0.15) is 0 Å². The van der Waals surface area contributed by atoms with Gasteiger partial charge in [0.1, 0.15) is 12.0 Å². The van der Waals surface area contributed by atoms with E-state index in [2.05, 4.69) is 4.74 Å². The van der Waals surface area contributed by atoms with E-state index < -0.39 is 6.36 Å². The molecule has 0 unspecified atom stereocenters. The van der Waals surface area contributed by atoms with E-state index in [1.807, 2.05) is 13.0 Å². The summed E-state index contributed by atoms with van der Waals surface area (Å²) in [6.45, 7) is 1.84. The third kappa shape index (κ3) is 3.60. The molecule has 2 aromatic carbocycles. The van der Waals surface area contributed by atoms with Crippen LogP contribution in [0, 0.1) is 6.92 Å². The van der Waals surface area contributed by atoms with Crippen LogP contribution in [0.15, 0.2) is 42.5 Å². The van der Waals surface area contributed by atoms with Gasteiger partial charge in [0.2, 0.25) is 0 Å². The lowest BCUT2D eigenvalue weighted by Gasteiger charge is -2.10. The molecule has 104 valence electrons. The maximum atomic E-state index is 12.1.